The highest BCUT2D eigenvalue weighted by Gasteiger charge is 2.22. The molecule has 0 saturated carbocycles. The van der Waals surface area contributed by atoms with Gasteiger partial charge >= 0.3 is 12.6 Å². The van der Waals surface area contributed by atoms with Crippen molar-refractivity contribution in [3.63, 3.8) is 0 Å². The molecule has 2 aromatic rings. The van der Waals surface area contributed by atoms with Crippen LogP contribution in [0.4, 0.5) is 14.5 Å². The predicted octanol–water partition coefficient (Wildman–Crippen LogP) is 2.38. The quantitative estimate of drug-likeness (QED) is 0.625. The van der Waals surface area contributed by atoms with Crippen LogP contribution in [0.1, 0.15) is 17.3 Å². The van der Waals surface area contributed by atoms with Crippen molar-refractivity contribution in [2.24, 2.45) is 0 Å². The SMILES string of the molecule is CNS(=O)(=O)c1cccc(C(=O)OC(C)C(=O)Nc2ccccc2OC(F)F)c1. The fourth-order valence-electron chi connectivity index (χ4n) is 2.19. The Morgan fingerprint density at radius 3 is 2.41 bits per heavy atom. The summed E-state index contributed by atoms with van der Waals surface area (Å²) in [6.07, 6.45) is -1.30. The second-order valence-electron chi connectivity index (χ2n) is 5.65. The Morgan fingerprint density at radius 2 is 1.76 bits per heavy atom. The molecule has 1 unspecified atom stereocenters. The Kier molecular flexibility index (Phi) is 7.23. The Bertz CT molecular complexity index is 997. The average molecular weight is 428 g/mol. The number of benzene rings is 2. The number of halogens is 2. The van der Waals surface area contributed by atoms with Gasteiger partial charge in [0.15, 0.2) is 6.10 Å². The van der Waals surface area contributed by atoms with Gasteiger partial charge in [-0.25, -0.2) is 17.9 Å². The van der Waals surface area contributed by atoms with Crippen molar-refractivity contribution in [2.75, 3.05) is 12.4 Å². The Labute approximate surface area is 165 Å². The lowest BCUT2D eigenvalue weighted by Crippen LogP contribution is -2.30. The van der Waals surface area contributed by atoms with Gasteiger partial charge < -0.3 is 14.8 Å². The van der Waals surface area contributed by atoms with E-state index in [-0.39, 0.29) is 21.9 Å². The maximum Gasteiger partial charge on any atom is 0.387 e. The fraction of sp³-hybridized carbons (Fsp3) is 0.222. The maximum atomic E-state index is 12.4. The molecule has 0 spiro atoms. The molecule has 1 amide bonds. The molecule has 0 bridgehead atoms. The zero-order chi connectivity index (χ0) is 21.6. The molecule has 11 heteroatoms. The summed E-state index contributed by atoms with van der Waals surface area (Å²) in [6.45, 7) is -1.80. The van der Waals surface area contributed by atoms with E-state index in [0.717, 1.165) is 6.07 Å². The highest BCUT2D eigenvalue weighted by Crippen LogP contribution is 2.25. The highest BCUT2D eigenvalue weighted by molar-refractivity contribution is 7.89. The number of carbonyl (C=O) groups excluding carboxylic acids is 2. The Morgan fingerprint density at radius 1 is 1.07 bits per heavy atom. The van der Waals surface area contributed by atoms with Crippen LogP contribution in [0, 0.1) is 0 Å². The molecule has 0 aromatic heterocycles. The number of nitrogens with one attached hydrogen (secondary N) is 2. The largest absolute Gasteiger partial charge is 0.449 e. The summed E-state index contributed by atoms with van der Waals surface area (Å²) in [5.74, 6) is -1.97. The van der Waals surface area contributed by atoms with Gasteiger partial charge in [0.1, 0.15) is 5.75 Å². The molecule has 2 rings (SSSR count). The van der Waals surface area contributed by atoms with Crippen LogP contribution in [0.15, 0.2) is 53.4 Å². The van der Waals surface area contributed by atoms with E-state index < -0.39 is 34.6 Å². The fourth-order valence-corrected chi connectivity index (χ4v) is 2.97. The van der Waals surface area contributed by atoms with Gasteiger partial charge in [-0.1, -0.05) is 18.2 Å². The lowest BCUT2D eigenvalue weighted by atomic mass is 10.2. The molecule has 0 heterocycles. The van der Waals surface area contributed by atoms with Crippen molar-refractivity contribution < 1.29 is 36.3 Å². The molecule has 0 aliphatic heterocycles. The number of anilines is 1. The van der Waals surface area contributed by atoms with Crippen LogP contribution in [-0.2, 0) is 19.6 Å². The third kappa shape index (κ3) is 5.96. The maximum absolute atomic E-state index is 12.4. The lowest BCUT2D eigenvalue weighted by molar-refractivity contribution is -0.123. The number of carbonyl (C=O) groups is 2. The number of esters is 1. The van der Waals surface area contributed by atoms with Crippen molar-refractivity contribution in [1.29, 1.82) is 0 Å². The Balaban J connectivity index is 2.09. The number of hydrogen-bond acceptors (Lipinski definition) is 6. The zero-order valence-electron chi connectivity index (χ0n) is 15.4. The minimum atomic E-state index is -3.77. The van der Waals surface area contributed by atoms with E-state index in [0.29, 0.717) is 0 Å². The van der Waals surface area contributed by atoms with Crippen molar-refractivity contribution in [1.82, 2.24) is 4.72 Å². The number of ether oxygens (including phenoxy) is 2. The summed E-state index contributed by atoms with van der Waals surface area (Å²) in [5.41, 5.74) is -0.106. The van der Waals surface area contributed by atoms with Crippen molar-refractivity contribution >= 4 is 27.6 Å². The minimum Gasteiger partial charge on any atom is -0.449 e. The van der Waals surface area contributed by atoms with Crippen molar-refractivity contribution in [3.8, 4) is 5.75 Å². The topological polar surface area (TPSA) is 111 Å². The van der Waals surface area contributed by atoms with Gasteiger partial charge in [0.25, 0.3) is 5.91 Å². The Hall–Kier alpha value is -3.05. The van der Waals surface area contributed by atoms with E-state index >= 15 is 0 Å². The van der Waals surface area contributed by atoms with Crippen LogP contribution >= 0.6 is 0 Å². The molecule has 0 radical (unpaired) electrons. The van der Waals surface area contributed by atoms with Gasteiger partial charge in [0.2, 0.25) is 10.0 Å². The molecule has 0 fully saturated rings. The predicted molar refractivity (Wildman–Crippen MR) is 99.3 cm³/mol. The van der Waals surface area contributed by atoms with Crippen LogP contribution in [0.5, 0.6) is 5.75 Å². The van der Waals surface area contributed by atoms with Crippen LogP contribution in [0.25, 0.3) is 0 Å². The van der Waals surface area contributed by atoms with Gasteiger partial charge in [0, 0.05) is 0 Å². The summed E-state index contributed by atoms with van der Waals surface area (Å²) in [7, 11) is -2.54. The van der Waals surface area contributed by atoms with Gasteiger partial charge in [-0.15, -0.1) is 0 Å². The summed E-state index contributed by atoms with van der Waals surface area (Å²) in [5, 5.41) is 2.34. The van der Waals surface area contributed by atoms with Gasteiger partial charge in [-0.3, -0.25) is 4.79 Å². The summed E-state index contributed by atoms with van der Waals surface area (Å²) in [4.78, 5) is 24.4. The van der Waals surface area contributed by atoms with Crippen LogP contribution in [-0.4, -0.2) is 40.1 Å². The first-order valence-electron chi connectivity index (χ1n) is 8.23. The standard InChI is InChI=1S/C18H18F2N2O6S/c1-11(16(23)22-14-8-3-4-9-15(14)28-18(19)20)27-17(24)12-6-5-7-13(10-12)29(25,26)21-2/h3-11,18,21H,1-2H3,(H,22,23). The smallest absolute Gasteiger partial charge is 0.387 e. The number of rotatable bonds is 8. The summed E-state index contributed by atoms with van der Waals surface area (Å²) >= 11 is 0. The molecular formula is C18H18F2N2O6S. The molecule has 2 N–H and O–H groups in total. The van der Waals surface area contributed by atoms with Crippen molar-refractivity contribution in [2.45, 2.75) is 24.5 Å². The van der Waals surface area contributed by atoms with Crippen molar-refractivity contribution in [3.05, 3.63) is 54.1 Å². The van der Waals surface area contributed by atoms with E-state index in [2.05, 4.69) is 14.8 Å². The number of alkyl halides is 2. The van der Waals surface area contributed by atoms with Gasteiger partial charge in [-0.2, -0.15) is 8.78 Å². The first-order valence-corrected chi connectivity index (χ1v) is 9.71. The third-order valence-electron chi connectivity index (χ3n) is 3.66. The molecule has 0 aliphatic carbocycles. The zero-order valence-corrected chi connectivity index (χ0v) is 16.2. The molecule has 0 saturated heterocycles. The monoisotopic (exact) mass is 428 g/mol. The number of para-hydroxylation sites is 2. The second kappa shape index (κ2) is 9.43. The van der Waals surface area contributed by atoms with Crippen LogP contribution < -0.4 is 14.8 Å². The van der Waals surface area contributed by atoms with E-state index in [1.165, 1.54) is 56.4 Å². The third-order valence-corrected chi connectivity index (χ3v) is 5.07. The first-order chi connectivity index (χ1) is 13.6. The second-order valence-corrected chi connectivity index (χ2v) is 7.53. The summed E-state index contributed by atoms with van der Waals surface area (Å²) < 4.78 is 60.0. The van der Waals surface area contributed by atoms with E-state index in [1.54, 1.807) is 0 Å². The number of sulfonamides is 1. The molecule has 0 aliphatic rings. The van der Waals surface area contributed by atoms with Gasteiger partial charge in [0.05, 0.1) is 16.1 Å². The van der Waals surface area contributed by atoms with E-state index in [9.17, 15) is 26.8 Å². The van der Waals surface area contributed by atoms with Crippen LogP contribution in [0.2, 0.25) is 0 Å². The summed E-state index contributed by atoms with van der Waals surface area (Å²) in [6, 6.07) is 10.6. The molecule has 2 aromatic carbocycles. The molecule has 29 heavy (non-hydrogen) atoms. The van der Waals surface area contributed by atoms with Crippen LogP contribution in [0.3, 0.4) is 0 Å². The minimum absolute atomic E-state index is 0.0252. The highest BCUT2D eigenvalue weighted by atomic mass is 32.2. The molecule has 1 atom stereocenters. The number of amides is 1. The normalized spacial score (nSPS) is 12.3. The van der Waals surface area contributed by atoms with Gasteiger partial charge in [-0.05, 0) is 44.3 Å². The molecule has 8 nitrogen and oxygen atoms in total. The van der Waals surface area contributed by atoms with E-state index in [1.807, 2.05) is 0 Å². The lowest BCUT2D eigenvalue weighted by Gasteiger charge is -2.16. The average Bonchev–Trinajstić information content (AvgIpc) is 2.69. The first kappa shape index (κ1) is 22.2. The number of hydrogen-bond donors (Lipinski definition) is 2. The molecule has 156 valence electrons. The molecular weight excluding hydrogens is 410 g/mol. The van der Waals surface area contributed by atoms with E-state index in [4.69, 9.17) is 4.74 Å².